The molecule has 0 fully saturated rings. The van der Waals surface area contributed by atoms with Crippen molar-refractivity contribution >= 4 is 17.2 Å². The summed E-state index contributed by atoms with van der Waals surface area (Å²) in [6.07, 6.45) is 1.00. The summed E-state index contributed by atoms with van der Waals surface area (Å²) in [7, 11) is 1.74. The zero-order valence-electron chi connectivity index (χ0n) is 13.5. The number of halogens is 1. The zero-order chi connectivity index (χ0) is 16.4. The molecule has 0 radical (unpaired) electrons. The minimum absolute atomic E-state index is 0.0267. The van der Waals surface area contributed by atoms with Gasteiger partial charge >= 0.3 is 0 Å². The Bertz CT molecular complexity index is 700. The molecule has 0 saturated heterocycles. The molecule has 2 heterocycles. The average Bonchev–Trinajstić information content (AvgIpc) is 3.01. The Morgan fingerprint density at radius 2 is 2.17 bits per heavy atom. The predicted octanol–water partition coefficient (Wildman–Crippen LogP) is 3.46. The normalized spacial score (nSPS) is 17.8. The van der Waals surface area contributed by atoms with Gasteiger partial charge in [-0.1, -0.05) is 18.2 Å². The van der Waals surface area contributed by atoms with Crippen molar-refractivity contribution in [3.8, 4) is 0 Å². The third-order valence-corrected chi connectivity index (χ3v) is 5.53. The van der Waals surface area contributed by atoms with E-state index in [9.17, 15) is 9.18 Å². The minimum Gasteiger partial charge on any atom is -0.340 e. The number of carbonyl (C=O) groups excluding carboxylic acids is 1. The number of nitrogens with zero attached hydrogens (tertiary/aromatic N) is 2. The lowest BCUT2D eigenvalue weighted by molar-refractivity contribution is -0.132. The van der Waals surface area contributed by atoms with Crippen molar-refractivity contribution in [2.45, 2.75) is 25.9 Å². The zero-order valence-corrected chi connectivity index (χ0v) is 14.3. The molecule has 1 aromatic carbocycles. The van der Waals surface area contributed by atoms with Gasteiger partial charge in [0.2, 0.25) is 5.91 Å². The molecule has 1 aromatic heterocycles. The molecule has 5 heteroatoms. The molecule has 0 spiro atoms. The van der Waals surface area contributed by atoms with Crippen LogP contribution in [0.15, 0.2) is 35.7 Å². The maximum absolute atomic E-state index is 13.7. The maximum atomic E-state index is 13.7. The van der Waals surface area contributed by atoms with Crippen molar-refractivity contribution in [1.29, 1.82) is 0 Å². The van der Waals surface area contributed by atoms with E-state index < -0.39 is 0 Å². The van der Waals surface area contributed by atoms with Crippen molar-refractivity contribution in [2.24, 2.45) is 0 Å². The summed E-state index contributed by atoms with van der Waals surface area (Å²) in [5.41, 5.74) is 1.89. The summed E-state index contributed by atoms with van der Waals surface area (Å²) in [5, 5.41) is 2.12. The fraction of sp³-hybridized carbons (Fsp3) is 0.389. The monoisotopic (exact) mass is 332 g/mol. The standard InChI is InChI=1S/C18H21FN2OS/c1-13-15-8-10-23-17(15)7-9-21(13)12-18(22)20(2)11-14-5-3-4-6-16(14)19/h3-6,8,10,13H,7,9,11-12H2,1-2H3. The van der Waals surface area contributed by atoms with E-state index in [1.165, 1.54) is 16.5 Å². The molecule has 2 aromatic rings. The van der Waals surface area contributed by atoms with Crippen LogP contribution in [0, 0.1) is 5.82 Å². The van der Waals surface area contributed by atoms with E-state index in [1.54, 1.807) is 41.5 Å². The summed E-state index contributed by atoms with van der Waals surface area (Å²) in [6, 6.07) is 9.02. The molecule has 3 rings (SSSR count). The molecule has 0 bridgehead atoms. The van der Waals surface area contributed by atoms with Gasteiger partial charge in [-0.2, -0.15) is 0 Å². The van der Waals surface area contributed by atoms with E-state index in [-0.39, 0.29) is 17.8 Å². The highest BCUT2D eigenvalue weighted by Crippen LogP contribution is 2.32. The number of fused-ring (bicyclic) bond motifs is 1. The number of carbonyl (C=O) groups is 1. The van der Waals surface area contributed by atoms with Crippen molar-refractivity contribution in [3.05, 3.63) is 57.5 Å². The van der Waals surface area contributed by atoms with Crippen LogP contribution in [-0.2, 0) is 17.8 Å². The summed E-state index contributed by atoms with van der Waals surface area (Å²) < 4.78 is 13.7. The first kappa shape index (κ1) is 16.1. The van der Waals surface area contributed by atoms with Crippen LogP contribution in [0.4, 0.5) is 4.39 Å². The molecule has 0 saturated carbocycles. The fourth-order valence-electron chi connectivity index (χ4n) is 3.04. The molecule has 1 aliphatic heterocycles. The smallest absolute Gasteiger partial charge is 0.236 e. The van der Waals surface area contributed by atoms with Gasteiger partial charge in [0, 0.05) is 36.6 Å². The Morgan fingerprint density at radius 1 is 1.39 bits per heavy atom. The van der Waals surface area contributed by atoms with Crippen molar-refractivity contribution in [2.75, 3.05) is 20.1 Å². The van der Waals surface area contributed by atoms with Crippen LogP contribution in [-0.4, -0.2) is 35.8 Å². The van der Waals surface area contributed by atoms with Crippen LogP contribution in [0.5, 0.6) is 0 Å². The van der Waals surface area contributed by atoms with Crippen LogP contribution >= 0.6 is 11.3 Å². The van der Waals surface area contributed by atoms with Gasteiger partial charge < -0.3 is 4.90 Å². The van der Waals surface area contributed by atoms with Crippen LogP contribution in [0.3, 0.4) is 0 Å². The lowest BCUT2D eigenvalue weighted by Crippen LogP contribution is -2.42. The van der Waals surface area contributed by atoms with Crippen LogP contribution < -0.4 is 0 Å². The number of likely N-dealkylation sites (N-methyl/N-ethyl adjacent to an activating group) is 1. The van der Waals surface area contributed by atoms with E-state index in [0.717, 1.165) is 13.0 Å². The molecule has 122 valence electrons. The number of rotatable bonds is 4. The Morgan fingerprint density at radius 3 is 2.96 bits per heavy atom. The molecule has 1 atom stereocenters. The van der Waals surface area contributed by atoms with Gasteiger partial charge in [0.15, 0.2) is 0 Å². The highest BCUT2D eigenvalue weighted by atomic mass is 32.1. The largest absolute Gasteiger partial charge is 0.340 e. The topological polar surface area (TPSA) is 23.6 Å². The molecule has 1 amide bonds. The third-order valence-electron chi connectivity index (χ3n) is 4.53. The van der Waals surface area contributed by atoms with Gasteiger partial charge in [-0.05, 0) is 36.4 Å². The van der Waals surface area contributed by atoms with Crippen molar-refractivity contribution < 1.29 is 9.18 Å². The van der Waals surface area contributed by atoms with Crippen LogP contribution in [0.1, 0.15) is 29.0 Å². The number of hydrogen-bond donors (Lipinski definition) is 0. The second kappa shape index (κ2) is 6.81. The second-order valence-electron chi connectivity index (χ2n) is 6.04. The van der Waals surface area contributed by atoms with Crippen molar-refractivity contribution in [3.63, 3.8) is 0 Å². The molecule has 23 heavy (non-hydrogen) atoms. The summed E-state index contributed by atoms with van der Waals surface area (Å²) in [5.74, 6) is -0.236. The summed E-state index contributed by atoms with van der Waals surface area (Å²) in [6.45, 7) is 3.72. The highest BCUT2D eigenvalue weighted by molar-refractivity contribution is 7.10. The van der Waals surface area contributed by atoms with Gasteiger partial charge in [-0.15, -0.1) is 11.3 Å². The summed E-state index contributed by atoms with van der Waals surface area (Å²) in [4.78, 5) is 17.7. The first-order chi connectivity index (χ1) is 11.1. The van der Waals surface area contributed by atoms with E-state index >= 15 is 0 Å². The van der Waals surface area contributed by atoms with Gasteiger partial charge in [0.05, 0.1) is 6.54 Å². The Labute approximate surface area is 140 Å². The second-order valence-corrected chi connectivity index (χ2v) is 7.04. The van der Waals surface area contributed by atoms with E-state index in [2.05, 4.69) is 23.3 Å². The van der Waals surface area contributed by atoms with Crippen molar-refractivity contribution in [1.82, 2.24) is 9.80 Å². The lowest BCUT2D eigenvalue weighted by atomic mass is 10.0. The van der Waals surface area contributed by atoms with Gasteiger partial charge in [0.25, 0.3) is 0 Å². The number of benzene rings is 1. The SMILES string of the molecule is CC1c2ccsc2CCN1CC(=O)N(C)Cc1ccccc1F. The third kappa shape index (κ3) is 3.46. The van der Waals surface area contributed by atoms with Crippen LogP contribution in [0.2, 0.25) is 0 Å². The average molecular weight is 332 g/mol. The molecule has 0 N–H and O–H groups in total. The first-order valence-corrected chi connectivity index (χ1v) is 8.72. The van der Waals surface area contributed by atoms with E-state index in [0.29, 0.717) is 18.7 Å². The molecule has 1 unspecified atom stereocenters. The number of amides is 1. The number of hydrogen-bond acceptors (Lipinski definition) is 3. The van der Waals surface area contributed by atoms with Gasteiger partial charge in [-0.3, -0.25) is 9.69 Å². The maximum Gasteiger partial charge on any atom is 0.236 e. The minimum atomic E-state index is -0.263. The molecule has 1 aliphatic rings. The highest BCUT2D eigenvalue weighted by Gasteiger charge is 2.27. The van der Waals surface area contributed by atoms with Crippen LogP contribution in [0.25, 0.3) is 0 Å². The quantitative estimate of drug-likeness (QED) is 0.856. The molecule has 0 aliphatic carbocycles. The summed E-state index contributed by atoms with van der Waals surface area (Å²) >= 11 is 1.80. The molecular weight excluding hydrogens is 311 g/mol. The fourth-order valence-corrected chi connectivity index (χ4v) is 4.00. The Hall–Kier alpha value is -1.72. The Balaban J connectivity index is 1.62. The molecular formula is C18H21FN2OS. The van der Waals surface area contributed by atoms with E-state index in [1.807, 2.05) is 0 Å². The van der Waals surface area contributed by atoms with Gasteiger partial charge in [0.1, 0.15) is 5.82 Å². The predicted molar refractivity (Wildman–Crippen MR) is 90.9 cm³/mol. The first-order valence-electron chi connectivity index (χ1n) is 7.84. The number of thiophene rings is 1. The molecule has 3 nitrogen and oxygen atoms in total. The Kier molecular flexibility index (Phi) is 4.78. The van der Waals surface area contributed by atoms with E-state index in [4.69, 9.17) is 0 Å². The van der Waals surface area contributed by atoms with Gasteiger partial charge in [-0.25, -0.2) is 4.39 Å². The lowest BCUT2D eigenvalue weighted by Gasteiger charge is -2.34.